The van der Waals surface area contributed by atoms with Gasteiger partial charge in [-0.3, -0.25) is 14.4 Å². The molecule has 2 aromatic heterocycles. The average molecular weight is 460 g/mol. The highest BCUT2D eigenvalue weighted by Crippen LogP contribution is 2.33. The molecule has 2 aromatic carbocycles. The number of rotatable bonds is 3. The minimum absolute atomic E-state index is 0.134. The highest BCUT2D eigenvalue weighted by Gasteiger charge is 2.35. The number of methoxy groups -OCH3 is 1. The van der Waals surface area contributed by atoms with E-state index in [0.29, 0.717) is 28.0 Å². The number of halogens is 1. The van der Waals surface area contributed by atoms with Crippen LogP contribution in [0.1, 0.15) is 47.9 Å². The van der Waals surface area contributed by atoms with Crippen molar-refractivity contribution in [2.24, 2.45) is 0 Å². The van der Waals surface area contributed by atoms with E-state index in [9.17, 15) is 14.4 Å². The number of ketones is 3. The van der Waals surface area contributed by atoms with E-state index in [1.165, 1.54) is 0 Å². The third-order valence-electron chi connectivity index (χ3n) is 5.31. The molecule has 0 saturated heterocycles. The van der Waals surface area contributed by atoms with Crippen LogP contribution in [0.15, 0.2) is 71.3 Å². The van der Waals surface area contributed by atoms with Crippen LogP contribution in [0.25, 0.3) is 5.52 Å². The smallest absolute Gasteiger partial charge is 0.210 e. The highest BCUT2D eigenvalue weighted by molar-refractivity contribution is 9.10. The fourth-order valence-electron chi connectivity index (χ4n) is 3.89. The molecule has 6 heteroatoms. The van der Waals surface area contributed by atoms with Crippen molar-refractivity contribution >= 4 is 38.8 Å². The fraction of sp³-hybridized carbons (Fsp3) is 0.0417. The first-order valence-electron chi connectivity index (χ1n) is 9.21. The van der Waals surface area contributed by atoms with Crippen molar-refractivity contribution in [3.05, 3.63) is 105 Å². The summed E-state index contributed by atoms with van der Waals surface area (Å²) < 4.78 is 7.57. The van der Waals surface area contributed by atoms with Crippen LogP contribution in [-0.4, -0.2) is 28.9 Å². The molecule has 1 aliphatic rings. The number of ether oxygens (including phenoxy) is 1. The molecule has 0 saturated carbocycles. The van der Waals surface area contributed by atoms with Gasteiger partial charge in [-0.25, -0.2) is 0 Å². The molecule has 0 radical (unpaired) electrons. The number of fused-ring (bicyclic) bond motifs is 3. The summed E-state index contributed by atoms with van der Waals surface area (Å²) in [5.74, 6) is -0.314. The summed E-state index contributed by atoms with van der Waals surface area (Å²) in [7, 11) is 1.55. The topological polar surface area (TPSA) is 64.8 Å². The molecule has 0 atom stereocenters. The Morgan fingerprint density at radius 1 is 0.900 bits per heavy atom. The molecule has 2 heterocycles. The minimum Gasteiger partial charge on any atom is -0.497 e. The maximum absolute atomic E-state index is 13.6. The Hall–Kier alpha value is -3.51. The maximum atomic E-state index is 13.6. The van der Waals surface area contributed by atoms with Crippen molar-refractivity contribution in [2.45, 2.75) is 0 Å². The van der Waals surface area contributed by atoms with Crippen molar-refractivity contribution in [1.82, 2.24) is 4.40 Å². The number of carbonyl (C=O) groups is 3. The third-order valence-corrected chi connectivity index (χ3v) is 5.74. The van der Waals surface area contributed by atoms with E-state index in [2.05, 4.69) is 15.9 Å². The normalized spacial score (nSPS) is 12.6. The number of benzene rings is 2. The Morgan fingerprint density at radius 3 is 2.23 bits per heavy atom. The second-order valence-corrected chi connectivity index (χ2v) is 7.91. The molecule has 5 nitrogen and oxygen atoms in total. The molecule has 1 aliphatic carbocycles. The summed E-state index contributed by atoms with van der Waals surface area (Å²) in [4.78, 5) is 40.2. The lowest BCUT2D eigenvalue weighted by molar-refractivity contribution is 0.0969. The lowest BCUT2D eigenvalue weighted by Crippen LogP contribution is -2.26. The van der Waals surface area contributed by atoms with Gasteiger partial charge in [-0.05, 0) is 52.3 Å². The van der Waals surface area contributed by atoms with E-state index in [4.69, 9.17) is 4.74 Å². The Labute approximate surface area is 180 Å². The Kier molecular flexibility index (Phi) is 4.18. The third kappa shape index (κ3) is 2.64. The monoisotopic (exact) mass is 459 g/mol. The van der Waals surface area contributed by atoms with Gasteiger partial charge in [0.15, 0.2) is 11.6 Å². The molecule has 5 rings (SSSR count). The van der Waals surface area contributed by atoms with Gasteiger partial charge in [0.25, 0.3) is 0 Å². The van der Waals surface area contributed by atoms with Crippen LogP contribution in [0.5, 0.6) is 5.75 Å². The van der Waals surface area contributed by atoms with E-state index >= 15 is 0 Å². The first-order valence-corrected chi connectivity index (χ1v) is 10.0. The quantitative estimate of drug-likeness (QED) is 0.366. The van der Waals surface area contributed by atoms with Gasteiger partial charge in [-0.15, -0.1) is 0 Å². The molecule has 0 fully saturated rings. The summed E-state index contributed by atoms with van der Waals surface area (Å²) in [5, 5.41) is 0. The molecular formula is C24H14BrNO4. The van der Waals surface area contributed by atoms with Crippen LogP contribution in [-0.2, 0) is 0 Å². The second kappa shape index (κ2) is 6.78. The Bertz CT molecular complexity index is 1380. The van der Waals surface area contributed by atoms with E-state index in [-0.39, 0.29) is 34.2 Å². The predicted molar refractivity (Wildman–Crippen MR) is 115 cm³/mol. The molecule has 30 heavy (non-hydrogen) atoms. The maximum Gasteiger partial charge on any atom is 0.210 e. The van der Waals surface area contributed by atoms with Gasteiger partial charge in [0, 0.05) is 38.4 Å². The zero-order valence-corrected chi connectivity index (χ0v) is 17.4. The zero-order chi connectivity index (χ0) is 21.0. The Morgan fingerprint density at radius 2 is 1.57 bits per heavy atom. The van der Waals surface area contributed by atoms with E-state index in [1.54, 1.807) is 72.3 Å². The number of hydrogen-bond acceptors (Lipinski definition) is 4. The lowest BCUT2D eigenvalue weighted by atomic mass is 9.82. The van der Waals surface area contributed by atoms with Gasteiger partial charge in [0.2, 0.25) is 5.78 Å². The van der Waals surface area contributed by atoms with E-state index in [0.717, 1.165) is 4.47 Å². The number of carbonyl (C=O) groups excluding carboxylic acids is 3. The predicted octanol–water partition coefficient (Wildman–Crippen LogP) is 4.72. The first-order chi connectivity index (χ1) is 14.5. The second-order valence-electron chi connectivity index (χ2n) is 7.00. The van der Waals surface area contributed by atoms with Crippen LogP contribution in [0.4, 0.5) is 0 Å². The molecule has 0 spiro atoms. The van der Waals surface area contributed by atoms with Gasteiger partial charge in [0.1, 0.15) is 11.4 Å². The van der Waals surface area contributed by atoms with Crippen LogP contribution in [0.3, 0.4) is 0 Å². The van der Waals surface area contributed by atoms with Crippen LogP contribution < -0.4 is 4.74 Å². The molecule has 146 valence electrons. The number of hydrogen-bond donors (Lipinski definition) is 0. The van der Waals surface area contributed by atoms with E-state index in [1.807, 2.05) is 6.07 Å². The molecule has 0 amide bonds. The summed E-state index contributed by atoms with van der Waals surface area (Å²) in [5.41, 5.74) is 2.26. The van der Waals surface area contributed by atoms with Crippen LogP contribution in [0, 0.1) is 0 Å². The van der Waals surface area contributed by atoms with Crippen molar-refractivity contribution in [1.29, 1.82) is 0 Å². The van der Waals surface area contributed by atoms with Gasteiger partial charge in [0.05, 0.1) is 12.7 Å². The summed E-state index contributed by atoms with van der Waals surface area (Å²) >= 11 is 3.43. The molecule has 0 unspecified atom stereocenters. The van der Waals surface area contributed by atoms with Crippen LogP contribution >= 0.6 is 15.9 Å². The Balaban J connectivity index is 1.82. The van der Waals surface area contributed by atoms with E-state index < -0.39 is 0 Å². The molecule has 0 aliphatic heterocycles. The number of aromatic nitrogens is 1. The lowest BCUT2D eigenvalue weighted by Gasteiger charge is -2.21. The van der Waals surface area contributed by atoms with Crippen molar-refractivity contribution in [2.75, 3.05) is 7.11 Å². The van der Waals surface area contributed by atoms with Gasteiger partial charge in [-0.1, -0.05) is 24.3 Å². The van der Waals surface area contributed by atoms with Gasteiger partial charge in [-0.2, -0.15) is 0 Å². The zero-order valence-electron chi connectivity index (χ0n) is 15.8. The first kappa shape index (κ1) is 18.5. The van der Waals surface area contributed by atoms with Gasteiger partial charge < -0.3 is 9.14 Å². The summed E-state index contributed by atoms with van der Waals surface area (Å²) in [6.45, 7) is 0. The van der Waals surface area contributed by atoms with Crippen molar-refractivity contribution in [3.63, 3.8) is 0 Å². The number of pyridine rings is 1. The van der Waals surface area contributed by atoms with Crippen molar-refractivity contribution < 1.29 is 19.1 Å². The standard InChI is InChI=1S/C24H14BrNO4/c1-30-16-8-6-13(7-9-16)22(27)21-20-19(11-15-10-14(25)12-26(15)21)23(28)17-4-2-3-5-18(17)24(20)29/h2-12H,1H3. The van der Waals surface area contributed by atoms with Crippen molar-refractivity contribution in [3.8, 4) is 5.75 Å². The molecule has 0 bridgehead atoms. The van der Waals surface area contributed by atoms with Gasteiger partial charge >= 0.3 is 0 Å². The minimum atomic E-state index is -0.344. The van der Waals surface area contributed by atoms with Crippen LogP contribution in [0.2, 0.25) is 0 Å². The molecule has 4 aromatic rings. The summed E-state index contributed by atoms with van der Waals surface area (Å²) in [6.07, 6.45) is 1.73. The number of nitrogens with zero attached hydrogens (tertiary/aromatic N) is 1. The largest absolute Gasteiger partial charge is 0.497 e. The molecular weight excluding hydrogens is 446 g/mol. The molecule has 0 N–H and O–H groups in total. The highest BCUT2D eigenvalue weighted by atomic mass is 79.9. The SMILES string of the molecule is COc1ccc(C(=O)c2c3c(cc4cc(Br)cn24)C(=O)c2ccccc2C3=O)cc1. The summed E-state index contributed by atoms with van der Waals surface area (Å²) in [6, 6.07) is 16.8. The average Bonchev–Trinajstić information content (AvgIpc) is 3.15. The fourth-order valence-corrected chi connectivity index (χ4v) is 4.33.